The largest absolute Gasteiger partial charge is 0.489 e. The number of benzene rings is 4. The van der Waals surface area contributed by atoms with Crippen molar-refractivity contribution >= 4 is 21.4 Å². The highest BCUT2D eigenvalue weighted by Crippen LogP contribution is 2.46. The van der Waals surface area contributed by atoms with Crippen LogP contribution in [0.3, 0.4) is 0 Å². The Hall–Kier alpha value is -3.76. The third-order valence-corrected chi connectivity index (χ3v) is 6.58. The number of hydrogen-bond acceptors (Lipinski definition) is 4. The van der Waals surface area contributed by atoms with Crippen LogP contribution in [0, 0.1) is 0 Å². The first-order valence-electron chi connectivity index (χ1n) is 11.7. The maximum Gasteiger partial charge on any atom is 0.153 e. The summed E-state index contributed by atoms with van der Waals surface area (Å²) < 4.78 is 19.6. The molecule has 0 N–H and O–H groups in total. The molecule has 1 heterocycles. The molecule has 0 fully saturated rings. The maximum absolute atomic E-state index is 6.47. The predicted molar refractivity (Wildman–Crippen MR) is 145 cm³/mol. The van der Waals surface area contributed by atoms with E-state index < -0.39 is 0 Å². The van der Waals surface area contributed by atoms with Crippen molar-refractivity contribution in [2.45, 2.75) is 33.0 Å². The Labute approximate surface area is 210 Å². The monoisotopic (exact) mass is 480 g/mol. The van der Waals surface area contributed by atoms with Crippen LogP contribution in [0.25, 0.3) is 20.5 Å². The van der Waals surface area contributed by atoms with E-state index in [2.05, 4.69) is 63.2 Å². The minimum atomic E-state index is -0.232. The third kappa shape index (κ3) is 5.67. The summed E-state index contributed by atoms with van der Waals surface area (Å²) in [5, 5.41) is 1.10. The van der Waals surface area contributed by atoms with Crippen LogP contribution < -0.4 is 14.2 Å². The molecule has 0 atom stereocenters. The van der Waals surface area contributed by atoms with E-state index in [-0.39, 0.29) is 5.60 Å². The van der Waals surface area contributed by atoms with Gasteiger partial charge in [-0.25, -0.2) is 0 Å². The van der Waals surface area contributed by atoms with Gasteiger partial charge in [-0.15, -0.1) is 11.3 Å². The lowest BCUT2D eigenvalue weighted by Gasteiger charge is -2.21. The Morgan fingerprint density at radius 2 is 1.29 bits per heavy atom. The van der Waals surface area contributed by atoms with Gasteiger partial charge in [-0.2, -0.15) is 0 Å². The van der Waals surface area contributed by atoms with Gasteiger partial charge >= 0.3 is 0 Å². The van der Waals surface area contributed by atoms with Crippen molar-refractivity contribution in [1.29, 1.82) is 0 Å². The molecule has 5 aromatic rings. The Morgan fingerprint density at radius 3 is 2.00 bits per heavy atom. The van der Waals surface area contributed by atoms with E-state index in [0.29, 0.717) is 6.61 Å². The highest BCUT2D eigenvalue weighted by molar-refractivity contribution is 7.22. The highest BCUT2D eigenvalue weighted by Gasteiger charge is 2.17. The van der Waals surface area contributed by atoms with Crippen molar-refractivity contribution < 1.29 is 14.2 Å². The topological polar surface area (TPSA) is 27.7 Å². The first-order chi connectivity index (χ1) is 16.9. The maximum atomic E-state index is 6.47. The summed E-state index contributed by atoms with van der Waals surface area (Å²) >= 11 is 1.73. The van der Waals surface area contributed by atoms with Gasteiger partial charge in [-0.05, 0) is 92.6 Å². The van der Waals surface area contributed by atoms with Gasteiger partial charge in [0.15, 0.2) is 5.75 Å². The van der Waals surface area contributed by atoms with Gasteiger partial charge in [0.05, 0.1) is 4.88 Å². The predicted octanol–water partition coefficient (Wildman–Crippen LogP) is 9.12. The van der Waals surface area contributed by atoms with Gasteiger partial charge in [0.2, 0.25) is 0 Å². The van der Waals surface area contributed by atoms with E-state index in [4.69, 9.17) is 14.2 Å². The Morgan fingerprint density at radius 1 is 0.657 bits per heavy atom. The molecular formula is C31H28O3S. The van der Waals surface area contributed by atoms with Gasteiger partial charge < -0.3 is 14.2 Å². The van der Waals surface area contributed by atoms with Crippen LogP contribution in [-0.2, 0) is 6.61 Å². The molecule has 3 nitrogen and oxygen atoms in total. The lowest BCUT2D eigenvalue weighted by atomic mass is 10.1. The Bertz CT molecular complexity index is 1400. The van der Waals surface area contributed by atoms with E-state index in [9.17, 15) is 0 Å². The van der Waals surface area contributed by atoms with Crippen molar-refractivity contribution in [3.8, 4) is 33.4 Å². The molecule has 1 aromatic heterocycles. The highest BCUT2D eigenvalue weighted by atomic mass is 32.1. The third-order valence-electron chi connectivity index (χ3n) is 5.38. The summed E-state index contributed by atoms with van der Waals surface area (Å²) in [6, 6.07) is 34.6. The molecule has 0 unspecified atom stereocenters. The molecule has 0 radical (unpaired) electrons. The average Bonchev–Trinajstić information content (AvgIpc) is 3.22. The first-order valence-corrected chi connectivity index (χ1v) is 12.5. The lowest BCUT2D eigenvalue weighted by Crippen LogP contribution is -2.22. The summed E-state index contributed by atoms with van der Waals surface area (Å²) in [5.74, 6) is 3.31. The van der Waals surface area contributed by atoms with Crippen molar-refractivity contribution in [2.75, 3.05) is 0 Å². The van der Waals surface area contributed by atoms with Crippen LogP contribution in [0.4, 0.5) is 0 Å². The number of fused-ring (bicyclic) bond motifs is 1. The Balaban J connectivity index is 1.39. The molecule has 0 amide bonds. The van der Waals surface area contributed by atoms with Crippen LogP contribution in [0.15, 0.2) is 103 Å². The van der Waals surface area contributed by atoms with Crippen molar-refractivity contribution in [2.24, 2.45) is 0 Å². The standard InChI is InChI=1S/C31H28O3S/c1-31(2,3)34-26-15-13-23(14-16-26)30-29(27-11-7-8-12-28(27)35-30)33-25-19-17-24(18-20-25)32-21-22-9-5-4-6-10-22/h4-20H,21H2,1-3H3. The van der Waals surface area contributed by atoms with Crippen LogP contribution in [0.5, 0.6) is 23.0 Å². The zero-order valence-corrected chi connectivity index (χ0v) is 21.0. The fourth-order valence-electron chi connectivity index (χ4n) is 3.80. The lowest BCUT2D eigenvalue weighted by molar-refractivity contribution is 0.131. The molecule has 0 aliphatic heterocycles. The molecule has 4 heteroatoms. The van der Waals surface area contributed by atoms with Gasteiger partial charge in [0.25, 0.3) is 0 Å². The summed E-state index contributed by atoms with van der Waals surface area (Å²) in [5.41, 5.74) is 2.01. The normalized spacial score (nSPS) is 11.4. The zero-order valence-electron chi connectivity index (χ0n) is 20.2. The van der Waals surface area contributed by atoms with Crippen LogP contribution >= 0.6 is 11.3 Å². The molecule has 5 rings (SSSR count). The fourth-order valence-corrected chi connectivity index (χ4v) is 4.94. The number of hydrogen-bond donors (Lipinski definition) is 0. The van der Waals surface area contributed by atoms with E-state index >= 15 is 0 Å². The Kier molecular flexibility index (Phi) is 6.47. The van der Waals surface area contributed by atoms with Crippen LogP contribution in [0.2, 0.25) is 0 Å². The van der Waals surface area contributed by atoms with Gasteiger partial charge in [-0.3, -0.25) is 0 Å². The average molecular weight is 481 g/mol. The number of ether oxygens (including phenoxy) is 3. The minimum absolute atomic E-state index is 0.232. The summed E-state index contributed by atoms with van der Waals surface area (Å²) in [7, 11) is 0. The SMILES string of the molecule is CC(C)(C)Oc1ccc(-c2sc3ccccc3c2Oc2ccc(OCc3ccccc3)cc2)cc1. The molecule has 35 heavy (non-hydrogen) atoms. The van der Waals surface area contributed by atoms with Crippen molar-refractivity contribution in [3.05, 3.63) is 109 Å². The molecule has 0 saturated carbocycles. The van der Waals surface area contributed by atoms with Crippen LogP contribution in [-0.4, -0.2) is 5.60 Å². The summed E-state index contributed by atoms with van der Waals surface area (Å²) in [4.78, 5) is 1.10. The summed E-state index contributed by atoms with van der Waals surface area (Å²) in [6.45, 7) is 6.69. The van der Waals surface area contributed by atoms with Gasteiger partial charge in [0, 0.05) is 10.1 Å². The minimum Gasteiger partial charge on any atom is -0.489 e. The van der Waals surface area contributed by atoms with Crippen molar-refractivity contribution in [1.82, 2.24) is 0 Å². The second-order valence-electron chi connectivity index (χ2n) is 9.34. The molecule has 0 saturated heterocycles. The van der Waals surface area contributed by atoms with Gasteiger partial charge in [0.1, 0.15) is 29.5 Å². The molecule has 4 aromatic carbocycles. The van der Waals surface area contributed by atoms with E-state index in [1.807, 2.05) is 60.7 Å². The van der Waals surface area contributed by atoms with Crippen LogP contribution in [0.1, 0.15) is 26.3 Å². The van der Waals surface area contributed by atoms with E-state index in [1.165, 1.54) is 4.70 Å². The number of thiophene rings is 1. The smallest absolute Gasteiger partial charge is 0.153 e. The number of rotatable bonds is 7. The van der Waals surface area contributed by atoms with E-state index in [1.54, 1.807) is 11.3 Å². The fraction of sp³-hybridized carbons (Fsp3) is 0.161. The second kappa shape index (κ2) is 9.85. The molecule has 0 bridgehead atoms. The molecular weight excluding hydrogens is 452 g/mol. The first kappa shape index (κ1) is 23.0. The second-order valence-corrected chi connectivity index (χ2v) is 10.4. The molecule has 0 spiro atoms. The summed E-state index contributed by atoms with van der Waals surface area (Å²) in [6.07, 6.45) is 0. The molecule has 0 aliphatic rings. The zero-order chi connectivity index (χ0) is 24.3. The van der Waals surface area contributed by atoms with Gasteiger partial charge in [-0.1, -0.05) is 42.5 Å². The quantitative estimate of drug-likeness (QED) is 0.232. The van der Waals surface area contributed by atoms with Crippen molar-refractivity contribution in [3.63, 3.8) is 0 Å². The molecule has 0 aliphatic carbocycles. The molecule has 176 valence electrons. The van der Waals surface area contributed by atoms with E-state index in [0.717, 1.165) is 44.4 Å².